The molecule has 1 aromatic heterocycles. The molecule has 1 saturated heterocycles. The minimum absolute atomic E-state index is 0.0344. The highest BCUT2D eigenvalue weighted by atomic mass is 35.5. The predicted molar refractivity (Wildman–Crippen MR) is 151 cm³/mol. The van der Waals surface area contributed by atoms with Crippen molar-refractivity contribution in [3.05, 3.63) is 83.0 Å². The Morgan fingerprint density at radius 2 is 1.58 bits per heavy atom. The molecule has 2 heterocycles. The smallest absolute Gasteiger partial charge is 0.233 e. The molecule has 1 saturated carbocycles. The summed E-state index contributed by atoms with van der Waals surface area (Å²) in [5.41, 5.74) is 2.30. The van der Waals surface area contributed by atoms with Crippen LogP contribution in [0.2, 0.25) is 5.15 Å². The molecule has 38 heavy (non-hydrogen) atoms. The summed E-state index contributed by atoms with van der Waals surface area (Å²) in [6, 6.07) is 22.0. The SMILES string of the molecule is O=C(CSc1nc(Cl)cc(N2CCN(C(=O)C3CC3)CC2)n1)N(CCc1ccccc1)Cc1ccccc1. The number of thioether (sulfide) groups is 1. The highest BCUT2D eigenvalue weighted by molar-refractivity contribution is 7.99. The van der Waals surface area contributed by atoms with Gasteiger partial charge in [-0.3, -0.25) is 9.59 Å². The molecule has 0 spiro atoms. The van der Waals surface area contributed by atoms with Crippen LogP contribution in [0.25, 0.3) is 0 Å². The normalized spacial score (nSPS) is 15.4. The first-order chi connectivity index (χ1) is 18.5. The maximum absolute atomic E-state index is 13.3. The molecule has 0 N–H and O–H groups in total. The average molecular weight is 550 g/mol. The van der Waals surface area contributed by atoms with Gasteiger partial charge in [-0.25, -0.2) is 9.97 Å². The average Bonchev–Trinajstić information content (AvgIpc) is 3.80. The van der Waals surface area contributed by atoms with Crippen LogP contribution in [0.5, 0.6) is 0 Å². The number of benzene rings is 2. The molecule has 2 aromatic carbocycles. The number of aromatic nitrogens is 2. The van der Waals surface area contributed by atoms with E-state index in [1.807, 2.05) is 58.3 Å². The van der Waals surface area contributed by atoms with Crippen molar-refractivity contribution in [2.45, 2.75) is 31.0 Å². The number of nitrogens with zero attached hydrogens (tertiary/aromatic N) is 5. The van der Waals surface area contributed by atoms with Crippen molar-refractivity contribution in [1.29, 1.82) is 0 Å². The van der Waals surface area contributed by atoms with Gasteiger partial charge in [0.2, 0.25) is 11.8 Å². The van der Waals surface area contributed by atoms with E-state index in [1.165, 1.54) is 17.3 Å². The zero-order valence-corrected chi connectivity index (χ0v) is 22.9. The minimum Gasteiger partial charge on any atom is -0.353 e. The summed E-state index contributed by atoms with van der Waals surface area (Å²) in [4.78, 5) is 40.8. The number of carbonyl (C=O) groups excluding carboxylic acids is 2. The number of halogens is 1. The van der Waals surface area contributed by atoms with Gasteiger partial charge in [-0.1, -0.05) is 84.0 Å². The first kappa shape index (κ1) is 26.5. The molecule has 2 amide bonds. The highest BCUT2D eigenvalue weighted by Crippen LogP contribution is 2.31. The number of carbonyl (C=O) groups is 2. The van der Waals surface area contributed by atoms with Gasteiger partial charge in [-0.2, -0.15) is 0 Å². The van der Waals surface area contributed by atoms with Crippen molar-refractivity contribution in [3.63, 3.8) is 0 Å². The lowest BCUT2D eigenvalue weighted by Gasteiger charge is -2.35. The molecule has 1 aliphatic heterocycles. The summed E-state index contributed by atoms with van der Waals surface area (Å²) < 4.78 is 0. The molecule has 0 radical (unpaired) electrons. The number of piperazine rings is 1. The number of amides is 2. The molecule has 0 bridgehead atoms. The summed E-state index contributed by atoms with van der Waals surface area (Å²) in [7, 11) is 0. The van der Waals surface area contributed by atoms with Crippen molar-refractivity contribution in [2.75, 3.05) is 43.4 Å². The molecule has 2 aliphatic rings. The minimum atomic E-state index is 0.0344. The van der Waals surface area contributed by atoms with Crippen molar-refractivity contribution >= 4 is 41.0 Å². The number of hydrogen-bond donors (Lipinski definition) is 0. The monoisotopic (exact) mass is 549 g/mol. The molecule has 0 unspecified atom stereocenters. The molecule has 7 nitrogen and oxygen atoms in total. The van der Waals surface area contributed by atoms with E-state index in [-0.39, 0.29) is 23.5 Å². The Labute approximate surface area is 233 Å². The van der Waals surface area contributed by atoms with E-state index in [0.29, 0.717) is 49.6 Å². The Morgan fingerprint density at radius 1 is 0.921 bits per heavy atom. The van der Waals surface area contributed by atoms with E-state index in [9.17, 15) is 9.59 Å². The fourth-order valence-corrected chi connectivity index (χ4v) is 5.56. The Morgan fingerprint density at radius 3 is 2.24 bits per heavy atom. The van der Waals surface area contributed by atoms with Crippen LogP contribution in [0.3, 0.4) is 0 Å². The van der Waals surface area contributed by atoms with Gasteiger partial charge in [0.15, 0.2) is 5.16 Å². The molecule has 198 valence electrons. The second-order valence-corrected chi connectivity index (χ2v) is 11.1. The van der Waals surface area contributed by atoms with Crippen LogP contribution < -0.4 is 4.90 Å². The topological polar surface area (TPSA) is 69.6 Å². The molecular weight excluding hydrogens is 518 g/mol. The number of hydrogen-bond acceptors (Lipinski definition) is 6. The fourth-order valence-electron chi connectivity index (χ4n) is 4.58. The molecule has 1 aliphatic carbocycles. The van der Waals surface area contributed by atoms with Gasteiger partial charge in [-0.05, 0) is 30.4 Å². The zero-order valence-electron chi connectivity index (χ0n) is 21.3. The number of anilines is 1. The maximum atomic E-state index is 13.3. The lowest BCUT2D eigenvalue weighted by Crippen LogP contribution is -2.49. The van der Waals surface area contributed by atoms with Crippen LogP contribution in [-0.2, 0) is 22.6 Å². The Bertz CT molecular complexity index is 1230. The van der Waals surface area contributed by atoms with Crippen LogP contribution >= 0.6 is 23.4 Å². The van der Waals surface area contributed by atoms with Gasteiger partial charge in [0.05, 0.1) is 5.75 Å². The van der Waals surface area contributed by atoms with Gasteiger partial charge in [0, 0.05) is 51.3 Å². The molecule has 9 heteroatoms. The van der Waals surface area contributed by atoms with Crippen LogP contribution in [0.4, 0.5) is 5.82 Å². The third-order valence-corrected chi connectivity index (χ3v) is 7.94. The Balaban J connectivity index is 1.20. The zero-order chi connectivity index (χ0) is 26.3. The van der Waals surface area contributed by atoms with Gasteiger partial charge in [-0.15, -0.1) is 0 Å². The summed E-state index contributed by atoms with van der Waals surface area (Å²) in [5.74, 6) is 1.53. The molecule has 2 fully saturated rings. The van der Waals surface area contributed by atoms with Crippen LogP contribution in [0, 0.1) is 5.92 Å². The number of rotatable bonds is 10. The van der Waals surface area contributed by atoms with E-state index >= 15 is 0 Å². The summed E-state index contributed by atoms with van der Waals surface area (Å²) in [5, 5.41) is 0.840. The fraction of sp³-hybridized carbons (Fsp3) is 0.379. The lowest BCUT2D eigenvalue weighted by atomic mass is 10.1. The molecular formula is C29H32ClN5O2S. The second kappa shape index (κ2) is 12.6. The van der Waals surface area contributed by atoms with E-state index in [1.54, 1.807) is 6.07 Å². The highest BCUT2D eigenvalue weighted by Gasteiger charge is 2.34. The quantitative estimate of drug-likeness (QED) is 0.210. The lowest BCUT2D eigenvalue weighted by molar-refractivity contribution is -0.133. The summed E-state index contributed by atoms with van der Waals surface area (Å²) in [6.07, 6.45) is 2.83. The van der Waals surface area contributed by atoms with Gasteiger partial charge >= 0.3 is 0 Å². The van der Waals surface area contributed by atoms with Crippen molar-refractivity contribution in [1.82, 2.24) is 19.8 Å². The van der Waals surface area contributed by atoms with Crippen molar-refractivity contribution in [3.8, 4) is 0 Å². The van der Waals surface area contributed by atoms with E-state index in [4.69, 9.17) is 16.6 Å². The largest absolute Gasteiger partial charge is 0.353 e. The maximum Gasteiger partial charge on any atom is 0.233 e. The van der Waals surface area contributed by atoms with E-state index < -0.39 is 0 Å². The van der Waals surface area contributed by atoms with Crippen molar-refractivity contribution in [2.24, 2.45) is 5.92 Å². The second-order valence-electron chi connectivity index (χ2n) is 9.74. The van der Waals surface area contributed by atoms with Crippen LogP contribution in [0.15, 0.2) is 71.9 Å². The third kappa shape index (κ3) is 7.26. The van der Waals surface area contributed by atoms with Crippen molar-refractivity contribution < 1.29 is 9.59 Å². The first-order valence-corrected chi connectivity index (χ1v) is 14.5. The van der Waals surface area contributed by atoms with Crippen LogP contribution in [0.1, 0.15) is 24.0 Å². The molecule has 3 aromatic rings. The molecule has 5 rings (SSSR count). The Hall–Kier alpha value is -3.10. The first-order valence-electron chi connectivity index (χ1n) is 13.1. The van der Waals surface area contributed by atoms with Gasteiger partial charge in [0.25, 0.3) is 0 Å². The molecule has 0 atom stereocenters. The predicted octanol–water partition coefficient (Wildman–Crippen LogP) is 4.55. The summed E-state index contributed by atoms with van der Waals surface area (Å²) in [6.45, 7) is 3.97. The third-order valence-electron chi connectivity index (χ3n) is 6.91. The Kier molecular flexibility index (Phi) is 8.81. The standard InChI is InChI=1S/C29H32ClN5O2S/c30-25-19-26(33-15-17-34(18-16-33)28(37)24-11-12-24)32-29(31-25)38-21-27(36)35(20-23-9-5-2-6-10-23)14-13-22-7-3-1-4-8-22/h1-10,19,24H,11-18,20-21H2. The summed E-state index contributed by atoms with van der Waals surface area (Å²) >= 11 is 7.66. The van der Waals surface area contributed by atoms with E-state index in [2.05, 4.69) is 22.0 Å². The van der Waals surface area contributed by atoms with Crippen LogP contribution in [-0.4, -0.2) is 70.1 Å². The van der Waals surface area contributed by atoms with Gasteiger partial charge < -0.3 is 14.7 Å². The van der Waals surface area contributed by atoms with E-state index in [0.717, 1.165) is 30.6 Å². The van der Waals surface area contributed by atoms with Gasteiger partial charge in [0.1, 0.15) is 11.0 Å².